The minimum atomic E-state index is -1.16. The molecule has 1 fully saturated rings. The van der Waals surface area contributed by atoms with Crippen LogP contribution < -0.4 is 0 Å². The lowest BCUT2D eigenvalue weighted by atomic mass is 9.82. The lowest BCUT2D eigenvalue weighted by Crippen LogP contribution is -2.49. The summed E-state index contributed by atoms with van der Waals surface area (Å²) in [4.78, 5) is 13.2. The molecule has 1 N–H and O–H groups in total. The van der Waals surface area contributed by atoms with E-state index in [0.717, 1.165) is 30.9 Å². The maximum absolute atomic E-state index is 15.6. The summed E-state index contributed by atoms with van der Waals surface area (Å²) in [6, 6.07) is 10.5. The molecule has 2 atom stereocenters. The summed E-state index contributed by atoms with van der Waals surface area (Å²) in [7, 11) is 0. The van der Waals surface area contributed by atoms with Gasteiger partial charge in [0.1, 0.15) is 11.6 Å². The highest BCUT2D eigenvalue weighted by atomic mass is 19.1. The minimum absolute atomic E-state index is 0.0563. The molecule has 2 unspecified atom stereocenters. The van der Waals surface area contributed by atoms with E-state index in [1.165, 1.54) is 34.9 Å². The van der Waals surface area contributed by atoms with Gasteiger partial charge in [0.25, 0.3) is 0 Å². The quantitative estimate of drug-likeness (QED) is 0.634. The van der Waals surface area contributed by atoms with E-state index < -0.39 is 23.6 Å². The molecule has 0 amide bonds. The Labute approximate surface area is 192 Å². The number of hydrogen-bond donors (Lipinski definition) is 1. The monoisotopic (exact) mass is 451 g/mol. The van der Waals surface area contributed by atoms with Crippen LogP contribution in [0.25, 0.3) is 11.6 Å². The molecule has 172 valence electrons. The van der Waals surface area contributed by atoms with E-state index in [1.807, 2.05) is 12.1 Å². The summed E-state index contributed by atoms with van der Waals surface area (Å²) in [6.07, 6.45) is 5.30. The average molecular weight is 452 g/mol. The molecule has 4 nitrogen and oxygen atoms in total. The van der Waals surface area contributed by atoms with Gasteiger partial charge in [0, 0.05) is 36.9 Å². The van der Waals surface area contributed by atoms with Crippen molar-refractivity contribution in [2.45, 2.75) is 50.7 Å². The number of nitrogens with zero attached hydrogens (tertiary/aromatic N) is 1. The number of carboxylic acid groups (broad SMARTS) is 1. The van der Waals surface area contributed by atoms with E-state index >= 15 is 8.78 Å². The average Bonchev–Trinajstić information content (AvgIpc) is 3.16. The fourth-order valence-electron chi connectivity index (χ4n) is 5.80. The second-order valence-electron chi connectivity index (χ2n) is 9.15. The van der Waals surface area contributed by atoms with Crippen molar-refractivity contribution in [3.05, 3.63) is 81.9 Å². The van der Waals surface area contributed by atoms with Crippen molar-refractivity contribution < 1.29 is 23.4 Å². The van der Waals surface area contributed by atoms with Gasteiger partial charge in [-0.2, -0.15) is 0 Å². The van der Waals surface area contributed by atoms with Crippen molar-refractivity contribution in [2.75, 3.05) is 13.2 Å². The smallest absolute Gasteiger partial charge is 0.328 e. The molecule has 33 heavy (non-hydrogen) atoms. The van der Waals surface area contributed by atoms with Gasteiger partial charge in [-0.3, -0.25) is 4.90 Å². The van der Waals surface area contributed by atoms with Gasteiger partial charge in [0.05, 0.1) is 6.04 Å². The molecule has 0 radical (unpaired) electrons. The van der Waals surface area contributed by atoms with Crippen LogP contribution >= 0.6 is 0 Å². The molecule has 2 aromatic rings. The van der Waals surface area contributed by atoms with Crippen LogP contribution in [0.15, 0.2) is 48.0 Å². The topological polar surface area (TPSA) is 49.8 Å². The molecule has 2 aromatic carbocycles. The predicted molar refractivity (Wildman–Crippen MR) is 123 cm³/mol. The number of ether oxygens (including phenoxy) is 1. The van der Waals surface area contributed by atoms with Crippen molar-refractivity contribution in [3.8, 4) is 0 Å². The Hall–Kier alpha value is -2.83. The van der Waals surface area contributed by atoms with Crippen LogP contribution in [-0.2, 0) is 16.0 Å². The molecule has 1 saturated heterocycles. The van der Waals surface area contributed by atoms with Gasteiger partial charge < -0.3 is 9.84 Å². The molecule has 0 spiro atoms. The highest BCUT2D eigenvalue weighted by molar-refractivity contribution is 5.85. The van der Waals surface area contributed by atoms with Crippen molar-refractivity contribution in [1.29, 1.82) is 0 Å². The van der Waals surface area contributed by atoms with Gasteiger partial charge in [-0.1, -0.05) is 24.3 Å². The Kier molecular flexibility index (Phi) is 5.89. The van der Waals surface area contributed by atoms with E-state index in [1.54, 1.807) is 0 Å². The van der Waals surface area contributed by atoms with E-state index in [2.05, 4.69) is 24.0 Å². The van der Waals surface area contributed by atoms with Crippen LogP contribution in [0, 0.1) is 11.6 Å². The highest BCUT2D eigenvalue weighted by Crippen LogP contribution is 2.51. The fraction of sp³-hybridized carbons (Fsp3) is 0.370. The number of rotatable bonds is 4. The predicted octanol–water partition coefficient (Wildman–Crippen LogP) is 5.39. The summed E-state index contributed by atoms with van der Waals surface area (Å²) >= 11 is 0. The molecular formula is C27H27F2NO3. The Morgan fingerprint density at radius 1 is 1.15 bits per heavy atom. The van der Waals surface area contributed by atoms with E-state index in [-0.39, 0.29) is 23.2 Å². The standard InChI is InChI=1S/C27H27F2NO3/c1-16-12-21-20-5-3-2-4-18(20)15-22(21)27(30(16)19-8-10-33-11-9-19)26-23(28)13-17(14-24(26)29)6-7-25(31)32/h2-7,13-14,16,19,27H,8-12,15H2,1H3,(H,31,32)/b7-6+. The van der Waals surface area contributed by atoms with Crippen molar-refractivity contribution >= 4 is 17.6 Å². The number of carboxylic acids is 1. The Balaban J connectivity index is 1.64. The number of fused-ring (bicyclic) bond motifs is 2. The van der Waals surface area contributed by atoms with Gasteiger partial charge >= 0.3 is 5.97 Å². The van der Waals surface area contributed by atoms with Crippen LogP contribution in [-0.4, -0.2) is 41.3 Å². The summed E-state index contributed by atoms with van der Waals surface area (Å²) in [6.45, 7) is 3.44. The lowest BCUT2D eigenvalue weighted by molar-refractivity contribution is -0.131. The van der Waals surface area contributed by atoms with Gasteiger partial charge in [-0.15, -0.1) is 0 Å². The zero-order valence-electron chi connectivity index (χ0n) is 18.6. The number of hydrogen-bond acceptors (Lipinski definition) is 3. The largest absolute Gasteiger partial charge is 0.478 e. The third-order valence-corrected chi connectivity index (χ3v) is 7.15. The highest BCUT2D eigenvalue weighted by Gasteiger charge is 2.43. The zero-order valence-corrected chi connectivity index (χ0v) is 18.6. The molecule has 1 aliphatic carbocycles. The number of aliphatic carboxylic acids is 1. The Bertz CT molecular complexity index is 1130. The summed E-state index contributed by atoms with van der Waals surface area (Å²) in [5, 5.41) is 8.87. The first-order chi connectivity index (χ1) is 15.9. The van der Waals surface area contributed by atoms with Gasteiger partial charge in [-0.25, -0.2) is 13.6 Å². The molecule has 3 aliphatic rings. The minimum Gasteiger partial charge on any atom is -0.478 e. The first-order valence-corrected chi connectivity index (χ1v) is 11.5. The first kappa shape index (κ1) is 22.0. The summed E-state index contributed by atoms with van der Waals surface area (Å²) in [5.41, 5.74) is 4.93. The SMILES string of the molecule is CC1CC2=C(Cc3ccccc32)C(c2c(F)cc(/C=C/C(=O)O)cc2F)N1C1CCOCC1. The first-order valence-electron chi connectivity index (χ1n) is 11.5. The van der Waals surface area contributed by atoms with Crippen molar-refractivity contribution in [3.63, 3.8) is 0 Å². The van der Waals surface area contributed by atoms with Crippen LogP contribution in [0.1, 0.15) is 54.5 Å². The van der Waals surface area contributed by atoms with Crippen LogP contribution in [0.2, 0.25) is 0 Å². The van der Waals surface area contributed by atoms with Gasteiger partial charge in [-0.05, 0) is 78.7 Å². The zero-order chi connectivity index (χ0) is 23.1. The second-order valence-corrected chi connectivity index (χ2v) is 9.15. The molecular weight excluding hydrogens is 424 g/mol. The normalized spacial score (nSPS) is 23.7. The molecule has 0 bridgehead atoms. The maximum atomic E-state index is 15.6. The third kappa shape index (κ3) is 4.02. The second kappa shape index (κ2) is 8.84. The van der Waals surface area contributed by atoms with Gasteiger partial charge in [0.15, 0.2) is 0 Å². The fourth-order valence-corrected chi connectivity index (χ4v) is 5.80. The summed E-state index contributed by atoms with van der Waals surface area (Å²) in [5.74, 6) is -2.44. The maximum Gasteiger partial charge on any atom is 0.328 e. The summed E-state index contributed by atoms with van der Waals surface area (Å²) < 4.78 is 36.7. The van der Waals surface area contributed by atoms with Crippen LogP contribution in [0.3, 0.4) is 0 Å². The Morgan fingerprint density at radius 2 is 1.85 bits per heavy atom. The number of halogens is 2. The molecule has 5 rings (SSSR count). The molecule has 6 heteroatoms. The van der Waals surface area contributed by atoms with Crippen molar-refractivity contribution in [1.82, 2.24) is 4.90 Å². The Morgan fingerprint density at radius 3 is 2.55 bits per heavy atom. The van der Waals surface area contributed by atoms with Crippen LogP contribution in [0.5, 0.6) is 0 Å². The van der Waals surface area contributed by atoms with E-state index in [0.29, 0.717) is 19.6 Å². The van der Waals surface area contributed by atoms with Crippen molar-refractivity contribution in [2.24, 2.45) is 0 Å². The number of benzene rings is 2. The molecule has 0 saturated carbocycles. The molecule has 2 heterocycles. The van der Waals surface area contributed by atoms with E-state index in [4.69, 9.17) is 9.84 Å². The number of carbonyl (C=O) groups is 1. The van der Waals surface area contributed by atoms with Crippen LogP contribution in [0.4, 0.5) is 8.78 Å². The molecule has 0 aromatic heterocycles. The lowest BCUT2D eigenvalue weighted by Gasteiger charge is -2.47. The molecule has 2 aliphatic heterocycles. The van der Waals surface area contributed by atoms with Gasteiger partial charge in [0.2, 0.25) is 0 Å². The van der Waals surface area contributed by atoms with E-state index in [9.17, 15) is 4.79 Å². The third-order valence-electron chi connectivity index (χ3n) is 7.15.